The summed E-state index contributed by atoms with van der Waals surface area (Å²) >= 11 is 0. The third-order valence-electron chi connectivity index (χ3n) is 4.75. The van der Waals surface area contributed by atoms with E-state index in [1.165, 1.54) is 0 Å². The van der Waals surface area contributed by atoms with E-state index in [0.717, 1.165) is 49.2 Å². The smallest absolute Gasteiger partial charge is 0.257 e. The first-order valence-corrected chi connectivity index (χ1v) is 8.42. The minimum atomic E-state index is 0.0873. The molecule has 5 heteroatoms. The van der Waals surface area contributed by atoms with Crippen LogP contribution in [0.4, 0.5) is 0 Å². The van der Waals surface area contributed by atoms with E-state index in [4.69, 9.17) is 5.73 Å². The Morgan fingerprint density at radius 3 is 2.65 bits per heavy atom. The fraction of sp³-hybridized carbons (Fsp3) is 0.444. The van der Waals surface area contributed by atoms with Crippen LogP contribution in [0, 0.1) is 0 Å². The molecule has 0 bridgehead atoms. The van der Waals surface area contributed by atoms with E-state index in [1.807, 2.05) is 39.9 Å². The predicted molar refractivity (Wildman–Crippen MR) is 88.7 cm³/mol. The second-order valence-electron chi connectivity index (χ2n) is 6.62. The Bertz CT molecular complexity index is 705. The van der Waals surface area contributed by atoms with Crippen molar-refractivity contribution in [1.29, 1.82) is 0 Å². The van der Waals surface area contributed by atoms with Crippen LogP contribution in [0.2, 0.25) is 0 Å². The van der Waals surface area contributed by atoms with E-state index in [9.17, 15) is 4.79 Å². The summed E-state index contributed by atoms with van der Waals surface area (Å²) in [6, 6.07) is 10.2. The van der Waals surface area contributed by atoms with Gasteiger partial charge in [-0.25, -0.2) is 4.68 Å². The van der Waals surface area contributed by atoms with Gasteiger partial charge in [0.15, 0.2) is 0 Å². The lowest BCUT2D eigenvalue weighted by Crippen LogP contribution is -2.45. The molecule has 2 N–H and O–H groups in total. The largest absolute Gasteiger partial charge is 0.337 e. The second kappa shape index (κ2) is 5.81. The Balaban J connectivity index is 1.69. The molecule has 1 amide bonds. The first-order valence-electron chi connectivity index (χ1n) is 8.42. The summed E-state index contributed by atoms with van der Waals surface area (Å²) in [5.41, 5.74) is 8.87. The van der Waals surface area contributed by atoms with Crippen molar-refractivity contribution in [1.82, 2.24) is 14.7 Å². The van der Waals surface area contributed by atoms with Gasteiger partial charge >= 0.3 is 0 Å². The number of nitrogens with zero attached hydrogens (tertiary/aromatic N) is 3. The molecule has 2 aromatic rings. The molecule has 1 saturated carbocycles. The van der Waals surface area contributed by atoms with Crippen molar-refractivity contribution in [2.24, 2.45) is 5.73 Å². The number of carbonyl (C=O) groups excluding carboxylic acids is 1. The number of carbonyl (C=O) groups is 1. The highest BCUT2D eigenvalue weighted by Gasteiger charge is 2.34. The molecule has 2 fully saturated rings. The van der Waals surface area contributed by atoms with Crippen molar-refractivity contribution >= 4 is 5.91 Å². The fourth-order valence-electron chi connectivity index (χ4n) is 3.41. The van der Waals surface area contributed by atoms with E-state index in [-0.39, 0.29) is 11.9 Å². The Morgan fingerprint density at radius 1 is 1.17 bits per heavy atom. The van der Waals surface area contributed by atoms with Gasteiger partial charge in [0.2, 0.25) is 0 Å². The van der Waals surface area contributed by atoms with Gasteiger partial charge in [0.05, 0.1) is 23.1 Å². The summed E-state index contributed by atoms with van der Waals surface area (Å²) < 4.78 is 1.94. The van der Waals surface area contributed by atoms with Gasteiger partial charge in [-0.3, -0.25) is 4.79 Å². The average Bonchev–Trinajstić information content (AvgIpc) is 3.33. The summed E-state index contributed by atoms with van der Waals surface area (Å²) in [6.07, 6.45) is 6.00. The Kier molecular flexibility index (Phi) is 3.65. The van der Waals surface area contributed by atoms with Crippen LogP contribution in [0.5, 0.6) is 0 Å². The van der Waals surface area contributed by atoms with Crippen LogP contribution >= 0.6 is 0 Å². The highest BCUT2D eigenvalue weighted by molar-refractivity contribution is 5.95. The molecule has 5 nitrogen and oxygen atoms in total. The second-order valence-corrected chi connectivity index (χ2v) is 6.62. The lowest BCUT2D eigenvalue weighted by atomic mass is 10.0. The molecule has 2 heterocycles. The molecule has 1 aliphatic carbocycles. The van der Waals surface area contributed by atoms with Crippen molar-refractivity contribution in [3.63, 3.8) is 0 Å². The highest BCUT2D eigenvalue weighted by atomic mass is 16.2. The molecule has 1 atom stereocenters. The van der Waals surface area contributed by atoms with Crippen LogP contribution < -0.4 is 5.73 Å². The average molecular weight is 310 g/mol. The number of hydrogen-bond donors (Lipinski definition) is 1. The van der Waals surface area contributed by atoms with Crippen molar-refractivity contribution in [3.05, 3.63) is 47.8 Å². The maximum atomic E-state index is 13.0. The summed E-state index contributed by atoms with van der Waals surface area (Å²) in [5.74, 6) is 0.541. The van der Waals surface area contributed by atoms with Crippen LogP contribution in [0.15, 0.2) is 36.5 Å². The van der Waals surface area contributed by atoms with Gasteiger partial charge in [-0.1, -0.05) is 18.2 Å². The number of likely N-dealkylation sites (tertiary alicyclic amines) is 1. The molecule has 4 rings (SSSR count). The summed E-state index contributed by atoms with van der Waals surface area (Å²) in [6.45, 7) is 1.45. The zero-order valence-corrected chi connectivity index (χ0v) is 13.2. The topological polar surface area (TPSA) is 64.2 Å². The van der Waals surface area contributed by atoms with Gasteiger partial charge in [0, 0.05) is 25.0 Å². The standard InChI is InChI=1S/C18H22N4O/c19-14-5-4-10-21(12-14)18(23)16-11-20-22(17(16)13-8-9-13)15-6-2-1-3-7-15/h1-3,6-7,11,13-14H,4-5,8-10,12,19H2. The molecule has 1 saturated heterocycles. The number of amides is 1. The third kappa shape index (κ3) is 2.77. The van der Waals surface area contributed by atoms with Crippen LogP contribution in [-0.4, -0.2) is 39.7 Å². The number of piperidine rings is 1. The molecule has 1 unspecified atom stereocenters. The van der Waals surface area contributed by atoms with Crippen LogP contribution in [0.1, 0.15) is 47.7 Å². The predicted octanol–water partition coefficient (Wildman–Crippen LogP) is 2.31. The molecule has 0 radical (unpaired) electrons. The third-order valence-corrected chi connectivity index (χ3v) is 4.75. The maximum Gasteiger partial charge on any atom is 0.257 e. The molecule has 2 aliphatic rings. The van der Waals surface area contributed by atoms with E-state index < -0.39 is 0 Å². The van der Waals surface area contributed by atoms with E-state index in [2.05, 4.69) is 5.10 Å². The van der Waals surface area contributed by atoms with Gasteiger partial charge in [-0.15, -0.1) is 0 Å². The van der Waals surface area contributed by atoms with E-state index >= 15 is 0 Å². The lowest BCUT2D eigenvalue weighted by molar-refractivity contribution is 0.0707. The number of benzene rings is 1. The number of rotatable bonds is 3. The monoisotopic (exact) mass is 310 g/mol. The first-order chi connectivity index (χ1) is 11.2. The maximum absolute atomic E-state index is 13.0. The van der Waals surface area contributed by atoms with E-state index in [1.54, 1.807) is 6.20 Å². The molecule has 23 heavy (non-hydrogen) atoms. The summed E-state index contributed by atoms with van der Waals surface area (Å²) in [4.78, 5) is 14.9. The number of hydrogen-bond acceptors (Lipinski definition) is 3. The molecule has 1 aliphatic heterocycles. The van der Waals surface area contributed by atoms with Gasteiger partial charge in [0.1, 0.15) is 0 Å². The first kappa shape index (κ1) is 14.5. The Hall–Kier alpha value is -2.14. The van der Waals surface area contributed by atoms with Crippen LogP contribution in [0.25, 0.3) is 5.69 Å². The minimum absolute atomic E-state index is 0.0873. The quantitative estimate of drug-likeness (QED) is 0.946. The van der Waals surface area contributed by atoms with Gasteiger partial charge < -0.3 is 10.6 Å². The van der Waals surface area contributed by atoms with Crippen molar-refractivity contribution in [3.8, 4) is 5.69 Å². The Labute approximate surface area is 136 Å². The van der Waals surface area contributed by atoms with E-state index in [0.29, 0.717) is 12.5 Å². The SMILES string of the molecule is NC1CCCN(C(=O)c2cnn(-c3ccccc3)c2C2CC2)C1. The van der Waals surface area contributed by atoms with Crippen molar-refractivity contribution < 1.29 is 4.79 Å². The molecular weight excluding hydrogens is 288 g/mol. The zero-order chi connectivity index (χ0) is 15.8. The number of nitrogens with two attached hydrogens (primary N) is 1. The molecule has 0 spiro atoms. The molecule has 120 valence electrons. The summed E-state index contributed by atoms with van der Waals surface area (Å²) in [5, 5.41) is 4.52. The summed E-state index contributed by atoms with van der Waals surface area (Å²) in [7, 11) is 0. The van der Waals surface area contributed by atoms with Crippen molar-refractivity contribution in [2.75, 3.05) is 13.1 Å². The molecule has 1 aromatic carbocycles. The minimum Gasteiger partial charge on any atom is -0.337 e. The number of para-hydroxylation sites is 1. The van der Waals surface area contributed by atoms with Gasteiger partial charge in [-0.2, -0.15) is 5.10 Å². The van der Waals surface area contributed by atoms with Gasteiger partial charge in [-0.05, 0) is 37.8 Å². The normalized spacial score (nSPS) is 21.4. The Morgan fingerprint density at radius 2 is 1.96 bits per heavy atom. The highest BCUT2D eigenvalue weighted by Crippen LogP contribution is 2.42. The lowest BCUT2D eigenvalue weighted by Gasteiger charge is -2.30. The number of aromatic nitrogens is 2. The molecule has 1 aromatic heterocycles. The van der Waals surface area contributed by atoms with Crippen molar-refractivity contribution in [2.45, 2.75) is 37.6 Å². The molecular formula is C18H22N4O. The van der Waals surface area contributed by atoms with Crippen LogP contribution in [-0.2, 0) is 0 Å². The fourth-order valence-corrected chi connectivity index (χ4v) is 3.41. The van der Waals surface area contributed by atoms with Gasteiger partial charge in [0.25, 0.3) is 5.91 Å². The zero-order valence-electron chi connectivity index (χ0n) is 13.2. The van der Waals surface area contributed by atoms with Crippen LogP contribution in [0.3, 0.4) is 0 Å².